The molecule has 0 aliphatic rings. The first-order valence-electron chi connectivity index (χ1n) is 9.80. The number of benzene rings is 3. The van der Waals surface area contributed by atoms with Gasteiger partial charge in [0.05, 0.1) is 16.1 Å². The number of aliphatic hydroxyl groups is 1. The fourth-order valence-corrected chi connectivity index (χ4v) is 5.50. The minimum absolute atomic E-state index is 0.0451. The predicted molar refractivity (Wildman–Crippen MR) is 128 cm³/mol. The van der Waals surface area contributed by atoms with Gasteiger partial charge >= 0.3 is 0 Å². The number of aliphatic hydroxyl groups excluding tert-OH is 1. The zero-order chi connectivity index (χ0) is 23.6. The Balaban J connectivity index is 2.27. The van der Waals surface area contributed by atoms with Crippen LogP contribution in [-0.4, -0.2) is 18.6 Å². The maximum Gasteiger partial charge on any atom is 0.216 e. The van der Waals surface area contributed by atoms with Crippen LogP contribution in [0.5, 0.6) is 5.75 Å². The van der Waals surface area contributed by atoms with Crippen molar-refractivity contribution in [1.29, 1.82) is 0 Å². The molecule has 0 aliphatic heterocycles. The molecule has 0 spiro atoms. The van der Waals surface area contributed by atoms with E-state index in [-0.39, 0.29) is 28.3 Å². The van der Waals surface area contributed by atoms with Gasteiger partial charge in [0.15, 0.2) is 0 Å². The van der Waals surface area contributed by atoms with E-state index in [9.17, 15) is 18.6 Å². The van der Waals surface area contributed by atoms with E-state index in [1.807, 2.05) is 30.3 Å². The van der Waals surface area contributed by atoms with E-state index in [0.717, 1.165) is 5.56 Å². The SMILES string of the molecule is CC(O)c1c(N)ccc(C(C(Cc2ccccc2)c2ccc(Cl)c(Cl)c2)S(N)(=O)=O)c1O. The van der Waals surface area contributed by atoms with E-state index in [0.29, 0.717) is 10.6 Å². The molecular weight excluding hydrogens is 471 g/mol. The molecule has 3 unspecified atom stereocenters. The molecule has 6 nitrogen and oxygen atoms in total. The fourth-order valence-electron chi connectivity index (χ4n) is 3.94. The van der Waals surface area contributed by atoms with Crippen LogP contribution in [0.4, 0.5) is 5.69 Å². The lowest BCUT2D eigenvalue weighted by molar-refractivity contribution is 0.195. The van der Waals surface area contributed by atoms with Gasteiger partial charge in [0.2, 0.25) is 10.0 Å². The van der Waals surface area contributed by atoms with Crippen molar-refractivity contribution in [1.82, 2.24) is 0 Å². The van der Waals surface area contributed by atoms with Gasteiger partial charge in [-0.1, -0.05) is 65.7 Å². The summed E-state index contributed by atoms with van der Waals surface area (Å²) in [7, 11) is -4.24. The molecule has 9 heteroatoms. The Hall–Kier alpha value is -2.29. The molecule has 0 saturated heterocycles. The minimum atomic E-state index is -4.24. The number of nitrogens with two attached hydrogens (primary N) is 2. The van der Waals surface area contributed by atoms with Crippen LogP contribution >= 0.6 is 23.2 Å². The van der Waals surface area contributed by atoms with Crippen molar-refractivity contribution in [3.8, 4) is 5.75 Å². The Morgan fingerprint density at radius 2 is 1.66 bits per heavy atom. The topological polar surface area (TPSA) is 127 Å². The number of hydrogen-bond acceptors (Lipinski definition) is 5. The molecule has 0 fully saturated rings. The third kappa shape index (κ3) is 5.19. The summed E-state index contributed by atoms with van der Waals surface area (Å²) in [4.78, 5) is 0. The van der Waals surface area contributed by atoms with E-state index in [2.05, 4.69) is 0 Å². The standard InChI is InChI=1S/C23H24Cl2N2O4S/c1-13(28)21-20(26)10-8-16(22(21)29)23(32(27,30)31)17(11-14-5-3-2-4-6-14)15-7-9-18(24)19(25)12-15/h2-10,12-13,17,23,28-29H,11,26H2,1H3,(H2,27,30,31). The van der Waals surface area contributed by atoms with Crippen LogP contribution in [0.3, 0.4) is 0 Å². The van der Waals surface area contributed by atoms with Crippen molar-refractivity contribution < 1.29 is 18.6 Å². The van der Waals surface area contributed by atoms with Crippen molar-refractivity contribution >= 4 is 38.9 Å². The highest BCUT2D eigenvalue weighted by molar-refractivity contribution is 7.89. The maximum atomic E-state index is 12.9. The normalized spacial score (nSPS) is 14.7. The summed E-state index contributed by atoms with van der Waals surface area (Å²) in [5, 5.41) is 26.0. The number of rotatable bonds is 7. The van der Waals surface area contributed by atoms with E-state index < -0.39 is 33.0 Å². The second-order valence-corrected chi connectivity index (χ2v) is 10.2. The van der Waals surface area contributed by atoms with E-state index in [1.54, 1.807) is 18.2 Å². The summed E-state index contributed by atoms with van der Waals surface area (Å²) < 4.78 is 25.8. The number of sulfonamides is 1. The van der Waals surface area contributed by atoms with Crippen LogP contribution in [0.25, 0.3) is 0 Å². The van der Waals surface area contributed by atoms with Gasteiger partial charge < -0.3 is 15.9 Å². The van der Waals surface area contributed by atoms with Gasteiger partial charge in [0.1, 0.15) is 11.0 Å². The first-order valence-corrected chi connectivity index (χ1v) is 12.2. The predicted octanol–water partition coefficient (Wildman–Crippen LogP) is 4.69. The Morgan fingerprint density at radius 3 is 2.22 bits per heavy atom. The molecule has 0 amide bonds. The van der Waals surface area contributed by atoms with Crippen LogP contribution in [0.1, 0.15) is 46.4 Å². The lowest BCUT2D eigenvalue weighted by Crippen LogP contribution is -2.28. The molecule has 0 aliphatic carbocycles. The second kappa shape index (κ2) is 9.68. The molecule has 0 saturated carbocycles. The number of aromatic hydroxyl groups is 1. The van der Waals surface area contributed by atoms with Gasteiger partial charge in [-0.05, 0) is 42.7 Å². The molecule has 0 aromatic heterocycles. The Kier molecular flexibility index (Phi) is 7.37. The van der Waals surface area contributed by atoms with E-state index in [4.69, 9.17) is 34.1 Å². The molecule has 32 heavy (non-hydrogen) atoms. The number of halogens is 2. The number of hydrogen-bond donors (Lipinski definition) is 4. The maximum absolute atomic E-state index is 12.9. The number of phenols is 1. The summed E-state index contributed by atoms with van der Waals surface area (Å²) in [6.07, 6.45) is -0.832. The Bertz CT molecular complexity index is 1220. The van der Waals surface area contributed by atoms with Gasteiger partial charge in [-0.3, -0.25) is 0 Å². The molecule has 3 aromatic carbocycles. The quantitative estimate of drug-likeness (QED) is 0.354. The van der Waals surface area contributed by atoms with E-state index >= 15 is 0 Å². The minimum Gasteiger partial charge on any atom is -0.507 e. The van der Waals surface area contributed by atoms with Gasteiger partial charge in [-0.2, -0.15) is 0 Å². The molecule has 3 aromatic rings. The molecular formula is C23H24Cl2N2O4S. The number of anilines is 1. The summed E-state index contributed by atoms with van der Waals surface area (Å²) in [6, 6.07) is 17.0. The lowest BCUT2D eigenvalue weighted by atomic mass is 9.85. The van der Waals surface area contributed by atoms with E-state index in [1.165, 1.54) is 19.1 Å². The van der Waals surface area contributed by atoms with Crippen molar-refractivity contribution in [2.45, 2.75) is 30.6 Å². The molecule has 6 N–H and O–H groups in total. The zero-order valence-electron chi connectivity index (χ0n) is 17.2. The second-order valence-electron chi connectivity index (χ2n) is 7.66. The van der Waals surface area contributed by atoms with Crippen molar-refractivity contribution in [2.75, 3.05) is 5.73 Å². The Morgan fingerprint density at radius 1 is 1.00 bits per heavy atom. The average molecular weight is 495 g/mol. The molecule has 3 atom stereocenters. The van der Waals surface area contributed by atoms with Crippen LogP contribution in [-0.2, 0) is 16.4 Å². The first-order chi connectivity index (χ1) is 15.0. The highest BCUT2D eigenvalue weighted by Crippen LogP contribution is 2.46. The number of phenolic OH excluding ortho intramolecular Hbond substituents is 1. The highest BCUT2D eigenvalue weighted by Gasteiger charge is 2.37. The van der Waals surface area contributed by atoms with Crippen LogP contribution < -0.4 is 10.9 Å². The summed E-state index contributed by atoms with van der Waals surface area (Å²) in [5.74, 6) is -1.13. The summed E-state index contributed by atoms with van der Waals surface area (Å²) in [5.41, 5.74) is 7.59. The smallest absolute Gasteiger partial charge is 0.216 e. The zero-order valence-corrected chi connectivity index (χ0v) is 19.6. The van der Waals surface area contributed by atoms with Gasteiger partial charge in [0, 0.05) is 22.7 Å². The first kappa shape index (κ1) is 24.4. The van der Waals surface area contributed by atoms with Gasteiger partial charge in [-0.15, -0.1) is 0 Å². The summed E-state index contributed by atoms with van der Waals surface area (Å²) >= 11 is 12.3. The monoisotopic (exact) mass is 494 g/mol. The van der Waals surface area contributed by atoms with Crippen LogP contribution in [0, 0.1) is 0 Å². The molecule has 3 rings (SSSR count). The fraction of sp³-hybridized carbons (Fsp3) is 0.217. The summed E-state index contributed by atoms with van der Waals surface area (Å²) in [6.45, 7) is 1.43. The van der Waals surface area contributed by atoms with Crippen molar-refractivity contribution in [3.05, 3.63) is 93.0 Å². The Labute approximate surface area is 197 Å². The third-order valence-corrected chi connectivity index (χ3v) is 7.43. The molecule has 0 radical (unpaired) electrons. The molecule has 170 valence electrons. The average Bonchev–Trinajstić information content (AvgIpc) is 2.71. The molecule has 0 heterocycles. The van der Waals surface area contributed by atoms with Crippen LogP contribution in [0.2, 0.25) is 10.0 Å². The lowest BCUT2D eigenvalue weighted by Gasteiger charge is -2.28. The third-order valence-electron chi connectivity index (χ3n) is 5.40. The highest BCUT2D eigenvalue weighted by atomic mass is 35.5. The largest absolute Gasteiger partial charge is 0.507 e. The number of nitrogen functional groups attached to an aromatic ring is 1. The van der Waals surface area contributed by atoms with Crippen LogP contribution in [0.15, 0.2) is 60.7 Å². The molecule has 0 bridgehead atoms. The number of primary sulfonamides is 1. The van der Waals surface area contributed by atoms with Gasteiger partial charge in [0.25, 0.3) is 0 Å². The van der Waals surface area contributed by atoms with Crippen molar-refractivity contribution in [3.63, 3.8) is 0 Å². The van der Waals surface area contributed by atoms with Crippen molar-refractivity contribution in [2.24, 2.45) is 5.14 Å². The van der Waals surface area contributed by atoms with Gasteiger partial charge in [-0.25, -0.2) is 13.6 Å².